The molecule has 4 nitrogen and oxygen atoms in total. The molecule has 0 aromatic carbocycles. The second kappa shape index (κ2) is 4.58. The lowest BCUT2D eigenvalue weighted by Crippen LogP contribution is -2.13. The highest BCUT2D eigenvalue weighted by Gasteiger charge is 2.32. The van der Waals surface area contributed by atoms with Crippen molar-refractivity contribution in [3.63, 3.8) is 0 Å². The monoisotopic (exact) mass is 290 g/mol. The number of aromatic nitrogens is 2. The van der Waals surface area contributed by atoms with Crippen LogP contribution in [0.25, 0.3) is 10.2 Å². The molecule has 4 rings (SSSR count). The van der Waals surface area contributed by atoms with E-state index in [0.717, 1.165) is 15.9 Å². The number of hydrogen-bond acceptors (Lipinski definition) is 3. The molecule has 20 heavy (non-hydrogen) atoms. The summed E-state index contributed by atoms with van der Waals surface area (Å²) in [5.74, 6) is -0.248. The van der Waals surface area contributed by atoms with Crippen molar-refractivity contribution in [1.82, 2.24) is 9.78 Å². The third-order valence-corrected chi connectivity index (χ3v) is 5.62. The molecule has 106 valence electrons. The van der Waals surface area contributed by atoms with Gasteiger partial charge in [-0.25, -0.2) is 4.79 Å². The van der Waals surface area contributed by atoms with Crippen molar-refractivity contribution in [1.29, 1.82) is 0 Å². The summed E-state index contributed by atoms with van der Waals surface area (Å²) in [5, 5.41) is 15.2. The van der Waals surface area contributed by atoms with Crippen LogP contribution in [0.2, 0.25) is 0 Å². The first-order valence-electron chi connectivity index (χ1n) is 7.49. The van der Waals surface area contributed by atoms with Crippen LogP contribution in [0.5, 0.6) is 0 Å². The van der Waals surface area contributed by atoms with Crippen LogP contribution in [0, 0.1) is 0 Å². The van der Waals surface area contributed by atoms with Crippen LogP contribution in [0.15, 0.2) is 6.07 Å². The Balaban J connectivity index is 1.83. The van der Waals surface area contributed by atoms with Crippen LogP contribution in [0.4, 0.5) is 0 Å². The normalized spacial score (nSPS) is 20.6. The van der Waals surface area contributed by atoms with Crippen LogP contribution in [-0.2, 0) is 0 Å². The van der Waals surface area contributed by atoms with Crippen molar-refractivity contribution < 1.29 is 9.90 Å². The Kier molecular flexibility index (Phi) is 2.84. The molecule has 2 fully saturated rings. The molecule has 5 heteroatoms. The molecule has 2 saturated carbocycles. The maximum Gasteiger partial charge on any atom is 0.345 e. The quantitative estimate of drug-likeness (QED) is 0.922. The van der Waals surface area contributed by atoms with Crippen molar-refractivity contribution >= 4 is 27.5 Å². The fourth-order valence-corrected chi connectivity index (χ4v) is 4.32. The van der Waals surface area contributed by atoms with Gasteiger partial charge < -0.3 is 5.11 Å². The van der Waals surface area contributed by atoms with Gasteiger partial charge in [0.05, 0.1) is 11.7 Å². The van der Waals surface area contributed by atoms with Crippen LogP contribution >= 0.6 is 11.3 Å². The highest BCUT2D eigenvalue weighted by atomic mass is 32.1. The van der Waals surface area contributed by atoms with Gasteiger partial charge >= 0.3 is 5.97 Å². The third kappa shape index (κ3) is 1.95. The molecule has 1 N–H and O–H groups in total. The summed E-state index contributed by atoms with van der Waals surface area (Å²) in [6, 6.07) is 2.31. The Morgan fingerprint density at radius 3 is 2.65 bits per heavy atom. The number of thiophene rings is 1. The van der Waals surface area contributed by atoms with E-state index in [2.05, 4.69) is 4.68 Å². The number of fused-ring (bicyclic) bond motifs is 1. The van der Waals surface area contributed by atoms with Crippen LogP contribution in [0.3, 0.4) is 0 Å². The lowest BCUT2D eigenvalue weighted by molar-refractivity contribution is 0.0702. The first-order valence-corrected chi connectivity index (χ1v) is 8.31. The van der Waals surface area contributed by atoms with Crippen LogP contribution in [0.1, 0.15) is 72.3 Å². The van der Waals surface area contributed by atoms with E-state index in [9.17, 15) is 9.90 Å². The zero-order valence-corrected chi connectivity index (χ0v) is 12.2. The molecule has 0 unspecified atom stereocenters. The van der Waals surface area contributed by atoms with Crippen molar-refractivity contribution in [3.8, 4) is 0 Å². The summed E-state index contributed by atoms with van der Waals surface area (Å²) >= 11 is 1.39. The van der Waals surface area contributed by atoms with Gasteiger partial charge in [-0.05, 0) is 31.7 Å². The van der Waals surface area contributed by atoms with E-state index < -0.39 is 5.97 Å². The molecule has 2 aromatic rings. The maximum atomic E-state index is 11.2. The van der Waals surface area contributed by atoms with Gasteiger partial charge in [-0.2, -0.15) is 5.10 Å². The molecule has 0 spiro atoms. The fraction of sp³-hybridized carbons (Fsp3) is 0.600. The molecule has 0 atom stereocenters. The minimum absolute atomic E-state index is 0.448. The lowest BCUT2D eigenvalue weighted by atomic mass is 9.96. The van der Waals surface area contributed by atoms with E-state index in [0.29, 0.717) is 16.8 Å². The number of aromatic carboxylic acids is 1. The second-order valence-electron chi connectivity index (χ2n) is 6.03. The fourth-order valence-electron chi connectivity index (χ4n) is 3.29. The molecule has 2 heterocycles. The van der Waals surface area contributed by atoms with Gasteiger partial charge in [-0.1, -0.05) is 19.3 Å². The molecule has 0 amide bonds. The van der Waals surface area contributed by atoms with E-state index in [1.807, 2.05) is 6.07 Å². The van der Waals surface area contributed by atoms with Gasteiger partial charge in [0.2, 0.25) is 0 Å². The van der Waals surface area contributed by atoms with Gasteiger partial charge in [0.15, 0.2) is 0 Å². The van der Waals surface area contributed by atoms with E-state index in [4.69, 9.17) is 5.10 Å². The standard InChI is InChI=1S/C15H18N2O2S/c18-15(19)12-8-11-13(9-6-7-9)16-17(14(11)20-12)10-4-2-1-3-5-10/h8-10H,1-7H2,(H,18,19). The van der Waals surface area contributed by atoms with Gasteiger partial charge in [-0.3, -0.25) is 4.68 Å². The van der Waals surface area contributed by atoms with Gasteiger partial charge in [0.25, 0.3) is 0 Å². The summed E-state index contributed by atoms with van der Waals surface area (Å²) in [6.07, 6.45) is 8.62. The van der Waals surface area contributed by atoms with Gasteiger partial charge in [0.1, 0.15) is 9.71 Å². The van der Waals surface area contributed by atoms with Crippen molar-refractivity contribution in [2.75, 3.05) is 0 Å². The molecule has 0 bridgehead atoms. The number of nitrogens with zero attached hydrogens (tertiary/aromatic N) is 2. The first-order chi connectivity index (χ1) is 9.74. The Labute approximate surface area is 121 Å². The molecule has 0 saturated heterocycles. The summed E-state index contributed by atoms with van der Waals surface area (Å²) in [7, 11) is 0. The number of rotatable bonds is 3. The second-order valence-corrected chi connectivity index (χ2v) is 7.06. The summed E-state index contributed by atoms with van der Waals surface area (Å²) in [6.45, 7) is 0. The largest absolute Gasteiger partial charge is 0.477 e. The highest BCUT2D eigenvalue weighted by molar-refractivity contribution is 7.20. The Hall–Kier alpha value is -1.36. The minimum atomic E-state index is -0.817. The summed E-state index contributed by atoms with van der Waals surface area (Å²) < 4.78 is 2.15. The van der Waals surface area contributed by atoms with Crippen LogP contribution < -0.4 is 0 Å². The first kappa shape index (κ1) is 12.4. The average Bonchev–Trinajstić information content (AvgIpc) is 3.09. The Bertz CT molecular complexity index is 663. The molecule has 2 aliphatic carbocycles. The number of carbonyl (C=O) groups is 1. The maximum absolute atomic E-state index is 11.2. The smallest absolute Gasteiger partial charge is 0.345 e. The van der Waals surface area contributed by atoms with E-state index >= 15 is 0 Å². The Morgan fingerprint density at radius 1 is 1.25 bits per heavy atom. The third-order valence-electron chi connectivity index (χ3n) is 4.51. The van der Waals surface area contributed by atoms with Crippen molar-refractivity contribution in [2.24, 2.45) is 0 Å². The Morgan fingerprint density at radius 2 is 2.00 bits per heavy atom. The molecule has 0 radical (unpaired) electrons. The topological polar surface area (TPSA) is 55.1 Å². The van der Waals surface area contributed by atoms with E-state index in [-0.39, 0.29) is 0 Å². The zero-order valence-electron chi connectivity index (χ0n) is 11.3. The van der Waals surface area contributed by atoms with Crippen molar-refractivity contribution in [3.05, 3.63) is 16.6 Å². The molecule has 0 aliphatic heterocycles. The SMILES string of the molecule is O=C(O)c1cc2c(C3CC3)nn(C3CCCCC3)c2s1. The number of carboxylic acids is 1. The molecule has 2 aliphatic rings. The highest BCUT2D eigenvalue weighted by Crippen LogP contribution is 2.45. The summed E-state index contributed by atoms with van der Waals surface area (Å²) in [4.78, 5) is 12.8. The minimum Gasteiger partial charge on any atom is -0.477 e. The zero-order chi connectivity index (χ0) is 13.7. The number of carboxylic acid groups (broad SMARTS) is 1. The summed E-state index contributed by atoms with van der Waals surface area (Å²) in [5.41, 5.74) is 1.15. The van der Waals surface area contributed by atoms with E-state index in [1.54, 1.807) is 0 Å². The molecular formula is C15H18N2O2S. The molecule has 2 aromatic heterocycles. The predicted octanol–water partition coefficient (Wildman–Crippen LogP) is 4.18. The number of hydrogen-bond donors (Lipinski definition) is 1. The average molecular weight is 290 g/mol. The van der Waals surface area contributed by atoms with Crippen molar-refractivity contribution in [2.45, 2.75) is 56.9 Å². The molecular weight excluding hydrogens is 272 g/mol. The van der Waals surface area contributed by atoms with Gasteiger partial charge in [-0.15, -0.1) is 11.3 Å². The van der Waals surface area contributed by atoms with E-state index in [1.165, 1.54) is 56.3 Å². The predicted molar refractivity (Wildman–Crippen MR) is 78.7 cm³/mol. The van der Waals surface area contributed by atoms with Gasteiger partial charge in [0, 0.05) is 11.3 Å². The van der Waals surface area contributed by atoms with Crippen LogP contribution in [-0.4, -0.2) is 20.9 Å². The lowest BCUT2D eigenvalue weighted by Gasteiger charge is -2.22.